The second-order valence-corrected chi connectivity index (χ2v) is 7.04. The molecule has 0 saturated heterocycles. The zero-order valence-corrected chi connectivity index (χ0v) is 14.3. The van der Waals surface area contributed by atoms with Crippen molar-refractivity contribution in [2.24, 2.45) is 5.92 Å². The van der Waals surface area contributed by atoms with E-state index in [-0.39, 0.29) is 17.7 Å². The summed E-state index contributed by atoms with van der Waals surface area (Å²) in [6, 6.07) is 7.43. The molecule has 2 aromatic rings. The van der Waals surface area contributed by atoms with Gasteiger partial charge in [-0.1, -0.05) is 23.4 Å². The number of hydrogen-bond donors (Lipinski definition) is 2. The normalized spacial score (nSPS) is 15.4. The van der Waals surface area contributed by atoms with E-state index in [4.69, 9.17) is 17.4 Å². The Morgan fingerprint density at radius 2 is 2.13 bits per heavy atom. The van der Waals surface area contributed by atoms with Crippen molar-refractivity contribution in [3.8, 4) is 11.4 Å². The maximum Gasteiger partial charge on any atom is 0.230 e. The van der Waals surface area contributed by atoms with E-state index in [0.717, 1.165) is 5.56 Å². The molecule has 8 heteroatoms. The first-order chi connectivity index (χ1) is 11.0. The minimum absolute atomic E-state index is 0.00885. The number of nitrogens with zero attached hydrogens (tertiary/aromatic N) is 3. The Hall–Kier alpha value is -1.73. The molecule has 23 heavy (non-hydrogen) atoms. The Morgan fingerprint density at radius 3 is 2.78 bits per heavy atom. The first-order valence-corrected chi connectivity index (χ1v) is 8.79. The first-order valence-electron chi connectivity index (χ1n) is 7.43. The molecular weight excluding hydrogens is 334 g/mol. The summed E-state index contributed by atoms with van der Waals surface area (Å²) in [7, 11) is 0. The molecule has 1 aromatic heterocycles. The van der Waals surface area contributed by atoms with Gasteiger partial charge in [0.25, 0.3) is 0 Å². The molecule has 0 bridgehead atoms. The van der Waals surface area contributed by atoms with Crippen molar-refractivity contribution < 1.29 is 4.79 Å². The average Bonchev–Trinajstić information content (AvgIpc) is 3.31. The first kappa shape index (κ1) is 16.1. The second-order valence-electron chi connectivity index (χ2n) is 5.67. The highest BCUT2D eigenvalue weighted by Gasteiger charge is 2.28. The second kappa shape index (κ2) is 6.80. The maximum absolute atomic E-state index is 11.9. The summed E-state index contributed by atoms with van der Waals surface area (Å²) in [5.74, 6) is 7.46. The van der Waals surface area contributed by atoms with Gasteiger partial charge in [-0.2, -0.15) is 0 Å². The molecule has 1 atom stereocenters. The molecule has 1 aliphatic rings. The molecule has 0 aliphatic heterocycles. The molecule has 0 unspecified atom stereocenters. The third-order valence-electron chi connectivity index (χ3n) is 3.82. The van der Waals surface area contributed by atoms with Gasteiger partial charge in [-0.05, 0) is 49.9 Å². The van der Waals surface area contributed by atoms with Crippen molar-refractivity contribution in [3.05, 3.63) is 29.3 Å². The van der Waals surface area contributed by atoms with Crippen LogP contribution in [0.25, 0.3) is 11.4 Å². The average molecular weight is 352 g/mol. The fraction of sp³-hybridized carbons (Fsp3) is 0.400. The van der Waals surface area contributed by atoms with Crippen LogP contribution in [0.1, 0.15) is 19.8 Å². The van der Waals surface area contributed by atoms with Gasteiger partial charge in [0.05, 0.1) is 5.75 Å². The van der Waals surface area contributed by atoms with Crippen molar-refractivity contribution in [3.63, 3.8) is 0 Å². The predicted molar refractivity (Wildman–Crippen MR) is 91.7 cm³/mol. The van der Waals surface area contributed by atoms with E-state index in [9.17, 15) is 4.79 Å². The number of amides is 1. The highest BCUT2D eigenvalue weighted by atomic mass is 35.5. The lowest BCUT2D eigenvalue weighted by molar-refractivity contribution is -0.119. The van der Waals surface area contributed by atoms with Crippen LogP contribution in [0.15, 0.2) is 29.4 Å². The maximum atomic E-state index is 11.9. The number of hydrogen-bond acceptors (Lipinski definition) is 5. The molecule has 3 N–H and O–H groups in total. The Labute approximate surface area is 143 Å². The van der Waals surface area contributed by atoms with Gasteiger partial charge in [0.1, 0.15) is 0 Å². The summed E-state index contributed by atoms with van der Waals surface area (Å²) in [5, 5.41) is 12.3. The predicted octanol–water partition coefficient (Wildman–Crippen LogP) is 2.32. The summed E-state index contributed by atoms with van der Waals surface area (Å²) in [6.07, 6.45) is 2.41. The van der Waals surface area contributed by atoms with Crippen molar-refractivity contribution >= 4 is 29.3 Å². The summed E-state index contributed by atoms with van der Waals surface area (Å²) >= 11 is 7.15. The number of nitrogen functional groups attached to an aromatic ring is 1. The van der Waals surface area contributed by atoms with Crippen molar-refractivity contribution in [1.82, 2.24) is 20.2 Å². The molecular formula is C15H18ClN5OS. The summed E-state index contributed by atoms with van der Waals surface area (Å²) in [4.78, 5) is 11.9. The van der Waals surface area contributed by atoms with Crippen LogP contribution >= 0.6 is 23.4 Å². The molecule has 1 heterocycles. The molecule has 1 aliphatic carbocycles. The monoisotopic (exact) mass is 351 g/mol. The van der Waals surface area contributed by atoms with E-state index in [1.54, 1.807) is 12.1 Å². The molecule has 3 rings (SSSR count). The SMILES string of the molecule is C[C@@H](NC(=O)CSc1nnc(-c2ccc(Cl)cc2)n1N)C1CC1. The number of nitrogens with two attached hydrogens (primary N) is 1. The van der Waals surface area contributed by atoms with Gasteiger partial charge in [-0.25, -0.2) is 4.68 Å². The number of benzene rings is 1. The van der Waals surface area contributed by atoms with Gasteiger partial charge in [0, 0.05) is 16.6 Å². The van der Waals surface area contributed by atoms with Crippen LogP contribution in [0, 0.1) is 5.92 Å². The van der Waals surface area contributed by atoms with E-state index in [0.29, 0.717) is 21.9 Å². The van der Waals surface area contributed by atoms with Gasteiger partial charge in [-0.15, -0.1) is 10.2 Å². The van der Waals surface area contributed by atoms with Crippen molar-refractivity contribution in [1.29, 1.82) is 0 Å². The van der Waals surface area contributed by atoms with Crippen molar-refractivity contribution in [2.75, 3.05) is 11.6 Å². The quantitative estimate of drug-likeness (QED) is 0.616. The minimum atomic E-state index is -0.00885. The Balaban J connectivity index is 1.60. The van der Waals surface area contributed by atoms with E-state index in [1.807, 2.05) is 19.1 Å². The zero-order valence-electron chi connectivity index (χ0n) is 12.7. The van der Waals surface area contributed by atoms with Gasteiger partial charge in [0.15, 0.2) is 5.82 Å². The fourth-order valence-corrected chi connectivity index (χ4v) is 3.10. The summed E-state index contributed by atoms with van der Waals surface area (Å²) < 4.78 is 1.39. The number of carbonyl (C=O) groups excluding carboxylic acids is 1. The van der Waals surface area contributed by atoms with Crippen molar-refractivity contribution in [2.45, 2.75) is 31.0 Å². The van der Waals surface area contributed by atoms with Crippen LogP contribution in [0.4, 0.5) is 0 Å². The third kappa shape index (κ3) is 3.97. The summed E-state index contributed by atoms with van der Waals surface area (Å²) in [6.45, 7) is 2.05. The van der Waals surface area contributed by atoms with E-state index in [1.165, 1.54) is 29.3 Å². The number of rotatable bonds is 6. The largest absolute Gasteiger partial charge is 0.353 e. The molecule has 6 nitrogen and oxygen atoms in total. The number of halogens is 1. The van der Waals surface area contributed by atoms with Gasteiger partial charge >= 0.3 is 0 Å². The van der Waals surface area contributed by atoms with Crippen LogP contribution in [0.5, 0.6) is 0 Å². The summed E-state index contributed by atoms with van der Waals surface area (Å²) in [5.41, 5.74) is 0.822. The highest BCUT2D eigenvalue weighted by Crippen LogP contribution is 2.32. The van der Waals surface area contributed by atoms with Crippen LogP contribution in [0.3, 0.4) is 0 Å². The Morgan fingerprint density at radius 1 is 1.43 bits per heavy atom. The van der Waals surface area contributed by atoms with E-state index in [2.05, 4.69) is 15.5 Å². The van der Waals surface area contributed by atoms with E-state index >= 15 is 0 Å². The topological polar surface area (TPSA) is 85.8 Å². The zero-order chi connectivity index (χ0) is 16.4. The standard InChI is InChI=1S/C15H18ClN5OS/c1-9(10-2-3-10)18-13(22)8-23-15-20-19-14(21(15)17)11-4-6-12(16)7-5-11/h4-7,9-10H,2-3,8,17H2,1H3,(H,18,22)/t9-/m1/s1. The molecule has 122 valence electrons. The molecule has 1 saturated carbocycles. The molecule has 0 spiro atoms. The number of carbonyl (C=O) groups is 1. The van der Waals surface area contributed by atoms with Crippen LogP contribution in [-0.2, 0) is 4.79 Å². The Bertz CT molecular complexity index is 698. The van der Waals surface area contributed by atoms with Gasteiger partial charge in [0.2, 0.25) is 11.1 Å². The van der Waals surface area contributed by atoms with E-state index < -0.39 is 0 Å². The highest BCUT2D eigenvalue weighted by molar-refractivity contribution is 7.99. The third-order valence-corrected chi connectivity index (χ3v) is 5.01. The lowest BCUT2D eigenvalue weighted by Gasteiger charge is -2.12. The number of aromatic nitrogens is 3. The molecule has 1 aromatic carbocycles. The van der Waals surface area contributed by atoms with Crippen LogP contribution < -0.4 is 11.2 Å². The van der Waals surface area contributed by atoms with Gasteiger partial charge in [-0.3, -0.25) is 4.79 Å². The fourth-order valence-electron chi connectivity index (χ4n) is 2.31. The lowest BCUT2D eigenvalue weighted by atomic mass is 10.2. The molecule has 1 amide bonds. The lowest BCUT2D eigenvalue weighted by Crippen LogP contribution is -2.35. The molecule has 1 fully saturated rings. The number of thioether (sulfide) groups is 1. The van der Waals surface area contributed by atoms with Crippen LogP contribution in [-0.4, -0.2) is 32.6 Å². The Kier molecular flexibility index (Phi) is 4.77. The van der Waals surface area contributed by atoms with Gasteiger partial charge < -0.3 is 11.2 Å². The smallest absolute Gasteiger partial charge is 0.230 e. The van der Waals surface area contributed by atoms with Crippen LogP contribution in [0.2, 0.25) is 5.02 Å². The molecule has 0 radical (unpaired) electrons. The number of nitrogens with one attached hydrogen (secondary N) is 1. The minimum Gasteiger partial charge on any atom is -0.353 e.